The molecule has 0 aliphatic carbocycles. The van der Waals surface area contributed by atoms with Crippen LogP contribution >= 0.6 is 69.6 Å². The number of rotatable bonds is 7. The number of nitriles is 1. The van der Waals surface area contributed by atoms with Crippen molar-refractivity contribution < 1.29 is 33.6 Å². The van der Waals surface area contributed by atoms with Crippen LogP contribution in [0.25, 0.3) is 21.5 Å². The molecular weight excluding hydrogens is 935 g/mol. The number of benzene rings is 4. The van der Waals surface area contributed by atoms with E-state index in [0.29, 0.717) is 58.2 Å². The van der Waals surface area contributed by atoms with Gasteiger partial charge in [0, 0.05) is 71.6 Å². The molecule has 0 saturated carbocycles. The Kier molecular flexibility index (Phi) is 18.0. The maximum absolute atomic E-state index is 13.0. The smallest absolute Gasteiger partial charge is 0.337 e. The summed E-state index contributed by atoms with van der Waals surface area (Å²) in [7, 11) is 7.50. The highest BCUT2D eigenvalue weighted by atomic mass is 35.6. The molecule has 6 rings (SSSR count). The zero-order valence-electron chi connectivity index (χ0n) is 33.4. The zero-order valence-corrected chi connectivity index (χ0v) is 37.9. The average molecular weight is 972 g/mol. The summed E-state index contributed by atoms with van der Waals surface area (Å²) < 4.78 is -4.49. The lowest BCUT2D eigenvalue weighted by molar-refractivity contribution is -0.119. The van der Waals surface area contributed by atoms with E-state index in [9.17, 15) is 38.5 Å². The van der Waals surface area contributed by atoms with Crippen molar-refractivity contribution in [1.82, 2.24) is 24.9 Å². The van der Waals surface area contributed by atoms with Crippen LogP contribution in [0.2, 0.25) is 0 Å². The second-order valence-corrected chi connectivity index (χ2v) is 18.1. The number of carbonyl (C=O) groups is 7. The van der Waals surface area contributed by atoms with E-state index in [4.69, 9.17) is 80.6 Å². The van der Waals surface area contributed by atoms with Crippen LogP contribution in [0, 0.1) is 16.2 Å². The van der Waals surface area contributed by atoms with Crippen LogP contribution in [0.1, 0.15) is 48.4 Å². The third-order valence-electron chi connectivity index (χ3n) is 8.49. The first-order valence-electron chi connectivity index (χ1n) is 17.7. The number of alkyl halides is 6. The quantitative estimate of drug-likeness (QED) is 0.0753. The Morgan fingerprint density at radius 1 is 0.710 bits per heavy atom. The second kappa shape index (κ2) is 21.8. The van der Waals surface area contributed by atoms with Gasteiger partial charge < -0.3 is 20.9 Å². The molecule has 17 nitrogen and oxygen atoms in total. The summed E-state index contributed by atoms with van der Waals surface area (Å²) in [6, 6.07) is 17.8. The molecule has 0 saturated heterocycles. The summed E-state index contributed by atoms with van der Waals surface area (Å²) in [5.41, 5.74) is 8.40. The summed E-state index contributed by atoms with van der Waals surface area (Å²) in [6.07, 6.45) is 0. The first-order valence-corrected chi connectivity index (χ1v) is 20.0. The van der Waals surface area contributed by atoms with Gasteiger partial charge in [-0.1, -0.05) is 93.9 Å². The zero-order chi connectivity index (χ0) is 46.9. The second-order valence-electron chi connectivity index (χ2n) is 13.6. The molecule has 4 aromatic rings. The van der Waals surface area contributed by atoms with E-state index >= 15 is 0 Å². The molecule has 0 fully saturated rings. The number of hydrogen-bond donors (Lipinski definition) is 3. The van der Waals surface area contributed by atoms with Gasteiger partial charge in [-0.2, -0.15) is 5.26 Å². The van der Waals surface area contributed by atoms with Crippen LogP contribution in [0.5, 0.6) is 0 Å². The Labute approximate surface area is 384 Å². The Hall–Kier alpha value is -5.16. The molecule has 0 atom stereocenters. The minimum Gasteiger partial charge on any atom is -0.399 e. The average Bonchev–Trinajstić information content (AvgIpc) is 3.18. The van der Waals surface area contributed by atoms with Gasteiger partial charge in [-0.3, -0.25) is 43.9 Å². The number of nitroso groups, excluding NO2 is 1. The number of amides is 8. The number of nitrogens with two attached hydrogens (primary N) is 1. The molecule has 2 aliphatic rings. The van der Waals surface area contributed by atoms with Crippen molar-refractivity contribution in [3.05, 3.63) is 87.8 Å². The number of anilines is 2. The number of nitrogen functional groups attached to an aromatic ring is 1. The van der Waals surface area contributed by atoms with Gasteiger partial charge in [0.25, 0.3) is 37.1 Å². The molecule has 2 heterocycles. The molecule has 0 spiro atoms. The standard InChI is InChI=1S/C19H17Cl3N4O4.C16H17N3O2.C2Cl3NO2.C2H3N/c1-25(2)6-7-26-15(27)12-5-3-4-10-8-11(9-13(14(10)12)16(26)28)23-18(30)24-17(29)19(20,21)22;1-18(2)6-7-19-15(20)12-5-3-4-10-8-11(17)9-13(14(10)12)16(19)21;3-2(4,5)1(7)6-8;1-2-3/h3-5,8-9H,6-7H2,1-2H3,(H2,23,24,29,30);3-5,8-9H,6-7,17H2,1-2H3;;1H3. The lowest BCUT2D eigenvalue weighted by Gasteiger charge is -2.28. The fraction of sp³-hybridized carbons (Fsp3) is 0.282. The molecule has 23 heteroatoms. The van der Waals surface area contributed by atoms with Crippen molar-refractivity contribution in [2.75, 3.05) is 65.4 Å². The maximum atomic E-state index is 13.0. The predicted molar refractivity (Wildman–Crippen MR) is 240 cm³/mol. The van der Waals surface area contributed by atoms with Gasteiger partial charge in [-0.25, -0.2) is 4.79 Å². The van der Waals surface area contributed by atoms with Crippen LogP contribution < -0.4 is 16.4 Å². The fourth-order valence-electron chi connectivity index (χ4n) is 5.81. The number of likely N-dealkylation sites (N-methyl/N-ethyl adjacent to an activating group) is 2. The SMILES string of the molecule is CC#N.CN(C)CCN1C(=O)c2cccc3cc(N)cc(c23)C1=O.CN(C)CCN1C(=O)c2cccc3cc(NC(=O)NC(=O)C(Cl)(Cl)Cl)cc(c23)C1=O.O=NC(=O)C(Cl)(Cl)Cl. The van der Waals surface area contributed by atoms with Gasteiger partial charge in [-0.05, 0) is 75.4 Å². The first-order chi connectivity index (χ1) is 28.9. The molecule has 2 aliphatic heterocycles. The van der Waals surface area contributed by atoms with Crippen molar-refractivity contribution in [3.8, 4) is 6.07 Å². The highest BCUT2D eigenvalue weighted by Gasteiger charge is 2.36. The van der Waals surface area contributed by atoms with E-state index in [-0.39, 0.29) is 35.5 Å². The molecule has 4 N–H and O–H groups in total. The molecule has 0 aromatic heterocycles. The lowest BCUT2D eigenvalue weighted by atomic mass is 9.93. The largest absolute Gasteiger partial charge is 0.399 e. The molecule has 8 amide bonds. The van der Waals surface area contributed by atoms with Gasteiger partial charge in [0.05, 0.1) is 17.2 Å². The van der Waals surface area contributed by atoms with E-state index in [2.05, 4.69) is 5.32 Å². The van der Waals surface area contributed by atoms with Crippen molar-refractivity contribution in [2.24, 2.45) is 5.18 Å². The maximum Gasteiger partial charge on any atom is 0.337 e. The van der Waals surface area contributed by atoms with Gasteiger partial charge in [0.15, 0.2) is 0 Å². The minimum absolute atomic E-state index is 0.219. The Morgan fingerprint density at radius 2 is 1.13 bits per heavy atom. The fourth-order valence-corrected chi connectivity index (χ4v) is 6.05. The third-order valence-corrected chi connectivity index (χ3v) is 9.49. The van der Waals surface area contributed by atoms with Crippen LogP contribution in [0.15, 0.2) is 65.8 Å². The molecular formula is C39H37Cl6N9O8. The summed E-state index contributed by atoms with van der Waals surface area (Å²) in [4.78, 5) is 100. The number of urea groups is 1. The first kappa shape index (κ1) is 51.2. The van der Waals surface area contributed by atoms with Gasteiger partial charge in [-0.15, -0.1) is 4.91 Å². The monoisotopic (exact) mass is 969 g/mol. The van der Waals surface area contributed by atoms with Gasteiger partial charge in [0.1, 0.15) is 0 Å². The topological polar surface area (TPSA) is 236 Å². The van der Waals surface area contributed by atoms with Crippen molar-refractivity contribution >= 4 is 144 Å². The van der Waals surface area contributed by atoms with Crippen LogP contribution in [0.4, 0.5) is 16.2 Å². The number of nitrogens with one attached hydrogen (secondary N) is 2. The third kappa shape index (κ3) is 12.9. The van der Waals surface area contributed by atoms with Crippen molar-refractivity contribution in [1.29, 1.82) is 5.26 Å². The van der Waals surface area contributed by atoms with E-state index in [1.807, 2.05) is 60.6 Å². The van der Waals surface area contributed by atoms with Crippen LogP contribution in [-0.2, 0) is 9.59 Å². The van der Waals surface area contributed by atoms with E-state index in [1.165, 1.54) is 22.8 Å². The van der Waals surface area contributed by atoms with E-state index in [1.54, 1.807) is 48.5 Å². The molecule has 62 heavy (non-hydrogen) atoms. The highest BCUT2D eigenvalue weighted by Crippen LogP contribution is 2.34. The summed E-state index contributed by atoms with van der Waals surface area (Å²) >= 11 is 30.9. The summed E-state index contributed by atoms with van der Waals surface area (Å²) in [5.74, 6) is -3.75. The van der Waals surface area contributed by atoms with Crippen molar-refractivity contribution in [2.45, 2.75) is 14.5 Å². The number of halogens is 6. The molecule has 328 valence electrons. The predicted octanol–water partition coefficient (Wildman–Crippen LogP) is 6.77. The highest BCUT2D eigenvalue weighted by molar-refractivity contribution is 6.77. The Morgan fingerprint density at radius 3 is 1.52 bits per heavy atom. The number of carbonyl (C=O) groups excluding carboxylic acids is 7. The van der Waals surface area contributed by atoms with Crippen LogP contribution in [0.3, 0.4) is 0 Å². The van der Waals surface area contributed by atoms with Crippen LogP contribution in [-0.4, -0.2) is 123 Å². The summed E-state index contributed by atoms with van der Waals surface area (Å²) in [5, 5.41) is 16.2. The lowest BCUT2D eigenvalue weighted by Crippen LogP contribution is -2.43. The van der Waals surface area contributed by atoms with E-state index < -0.39 is 31.3 Å². The van der Waals surface area contributed by atoms with Gasteiger partial charge in [0.2, 0.25) is 0 Å². The van der Waals surface area contributed by atoms with Gasteiger partial charge >= 0.3 is 11.9 Å². The summed E-state index contributed by atoms with van der Waals surface area (Å²) in [6.45, 7) is 3.15. The molecule has 0 bridgehead atoms. The van der Waals surface area contributed by atoms with E-state index in [0.717, 1.165) is 5.39 Å². The normalized spacial score (nSPS) is 13.0. The van der Waals surface area contributed by atoms with Crippen molar-refractivity contribution in [3.63, 3.8) is 0 Å². The number of imide groups is 3. The Balaban J connectivity index is 0.000000276. The molecule has 0 radical (unpaired) electrons. The molecule has 4 aromatic carbocycles. The minimum atomic E-state index is -2.30. The number of nitrogens with zero attached hydrogens (tertiary/aromatic N) is 6. The number of hydrogen-bond acceptors (Lipinski definition) is 12. The Bertz CT molecular complexity index is 2480. The molecule has 0 unspecified atom stereocenters.